The maximum absolute atomic E-state index is 12.6. The van der Waals surface area contributed by atoms with Crippen molar-refractivity contribution in [3.05, 3.63) is 71.8 Å². The molecule has 28 heavy (non-hydrogen) atoms. The predicted molar refractivity (Wildman–Crippen MR) is 113 cm³/mol. The number of hydrazone groups is 1. The van der Waals surface area contributed by atoms with Crippen LogP contribution in [-0.4, -0.2) is 17.5 Å². The van der Waals surface area contributed by atoms with Crippen LogP contribution in [0, 0.1) is 0 Å². The van der Waals surface area contributed by atoms with Gasteiger partial charge in [-0.2, -0.15) is 5.10 Å². The summed E-state index contributed by atoms with van der Waals surface area (Å²) in [6.07, 6.45) is 4.37. The van der Waals surface area contributed by atoms with Gasteiger partial charge in [-0.1, -0.05) is 68.3 Å². The molecule has 2 N–H and O–H groups in total. The summed E-state index contributed by atoms with van der Waals surface area (Å²) < 4.78 is 0. The molecule has 148 valence electrons. The highest BCUT2D eigenvalue weighted by Crippen LogP contribution is 2.17. The monoisotopic (exact) mass is 379 g/mol. The summed E-state index contributed by atoms with van der Waals surface area (Å²) >= 11 is 0. The molecule has 0 aliphatic rings. The highest BCUT2D eigenvalue weighted by molar-refractivity contribution is 5.94. The van der Waals surface area contributed by atoms with Crippen LogP contribution in [-0.2, 0) is 4.79 Å². The fraction of sp³-hybridized carbons (Fsp3) is 0.348. The smallest absolute Gasteiger partial charge is 0.251 e. The van der Waals surface area contributed by atoms with E-state index < -0.39 is 6.04 Å². The van der Waals surface area contributed by atoms with Gasteiger partial charge in [0.25, 0.3) is 5.91 Å². The molecule has 1 atom stereocenters. The molecule has 0 saturated heterocycles. The largest absolute Gasteiger partial charge is 0.345 e. The molecule has 0 aliphatic carbocycles. The Balaban J connectivity index is 2.01. The zero-order chi connectivity index (χ0) is 20.2. The summed E-state index contributed by atoms with van der Waals surface area (Å²) in [6, 6.07) is 18.1. The van der Waals surface area contributed by atoms with Crippen molar-refractivity contribution < 1.29 is 9.59 Å². The van der Waals surface area contributed by atoms with Crippen molar-refractivity contribution in [3.63, 3.8) is 0 Å². The Morgan fingerprint density at radius 3 is 2.25 bits per heavy atom. The highest BCUT2D eigenvalue weighted by atomic mass is 16.2. The molecule has 0 heterocycles. The molecule has 0 aliphatic heterocycles. The average Bonchev–Trinajstić information content (AvgIpc) is 2.73. The number of benzene rings is 2. The van der Waals surface area contributed by atoms with Crippen molar-refractivity contribution in [2.24, 2.45) is 5.10 Å². The SMILES string of the molecule is CCCCC/C(C)=N/NC(=O)CC(NC(=O)c1ccccc1)c1ccccc1. The number of rotatable bonds is 10. The third kappa shape index (κ3) is 7.35. The van der Waals surface area contributed by atoms with Crippen LogP contribution in [0.4, 0.5) is 0 Å². The Kier molecular flexibility index (Phi) is 8.92. The molecule has 5 heteroatoms. The van der Waals surface area contributed by atoms with Gasteiger partial charge in [0.15, 0.2) is 0 Å². The molecule has 0 bridgehead atoms. The van der Waals surface area contributed by atoms with Gasteiger partial charge in [-0.15, -0.1) is 0 Å². The summed E-state index contributed by atoms with van der Waals surface area (Å²) in [5.41, 5.74) is 4.97. The first kappa shape index (κ1) is 21.4. The van der Waals surface area contributed by atoms with Gasteiger partial charge < -0.3 is 5.32 Å². The number of hydrogen-bond acceptors (Lipinski definition) is 3. The zero-order valence-electron chi connectivity index (χ0n) is 16.7. The maximum Gasteiger partial charge on any atom is 0.251 e. The van der Waals surface area contributed by atoms with E-state index >= 15 is 0 Å². The lowest BCUT2D eigenvalue weighted by Gasteiger charge is -2.18. The van der Waals surface area contributed by atoms with E-state index in [9.17, 15) is 9.59 Å². The molecule has 0 aromatic heterocycles. The molecular weight excluding hydrogens is 350 g/mol. The molecule has 0 radical (unpaired) electrons. The van der Waals surface area contributed by atoms with E-state index in [2.05, 4.69) is 22.8 Å². The number of amides is 2. The minimum Gasteiger partial charge on any atom is -0.345 e. The summed E-state index contributed by atoms with van der Waals surface area (Å²) in [7, 11) is 0. The van der Waals surface area contributed by atoms with Crippen LogP contribution in [0.3, 0.4) is 0 Å². The van der Waals surface area contributed by atoms with Crippen LogP contribution in [0.2, 0.25) is 0 Å². The lowest BCUT2D eigenvalue weighted by atomic mass is 10.0. The molecule has 0 saturated carbocycles. The van der Waals surface area contributed by atoms with E-state index in [4.69, 9.17) is 0 Å². The van der Waals surface area contributed by atoms with E-state index in [-0.39, 0.29) is 18.2 Å². The Bertz CT molecular complexity index is 773. The van der Waals surface area contributed by atoms with E-state index in [0.29, 0.717) is 5.56 Å². The van der Waals surface area contributed by atoms with Crippen LogP contribution in [0.1, 0.15) is 67.9 Å². The van der Waals surface area contributed by atoms with Gasteiger partial charge in [0.05, 0.1) is 12.5 Å². The fourth-order valence-electron chi connectivity index (χ4n) is 2.84. The van der Waals surface area contributed by atoms with E-state index in [1.807, 2.05) is 55.5 Å². The first-order valence-corrected chi connectivity index (χ1v) is 9.83. The summed E-state index contributed by atoms with van der Waals surface area (Å²) in [5.74, 6) is -0.432. The Hall–Kier alpha value is -2.95. The number of carbonyl (C=O) groups excluding carboxylic acids is 2. The van der Waals surface area contributed by atoms with Gasteiger partial charge in [0.1, 0.15) is 0 Å². The standard InChI is InChI=1S/C23H29N3O2/c1-3-4-7-12-18(2)25-26-22(27)17-21(19-13-8-5-9-14-19)24-23(28)20-15-10-6-11-16-20/h5-6,8-11,13-16,21H,3-4,7,12,17H2,1-2H3,(H,24,28)(H,26,27)/b25-18+. The minimum absolute atomic E-state index is 0.119. The molecule has 2 rings (SSSR count). The zero-order valence-corrected chi connectivity index (χ0v) is 16.7. The quantitative estimate of drug-likeness (QED) is 0.359. The number of hydrogen-bond donors (Lipinski definition) is 2. The van der Waals surface area contributed by atoms with E-state index in [1.165, 1.54) is 0 Å². The minimum atomic E-state index is -0.426. The second kappa shape index (κ2) is 11.7. The highest BCUT2D eigenvalue weighted by Gasteiger charge is 2.19. The number of nitrogens with zero attached hydrogens (tertiary/aromatic N) is 1. The number of nitrogens with one attached hydrogen (secondary N) is 2. The maximum atomic E-state index is 12.6. The molecule has 0 spiro atoms. The van der Waals surface area contributed by atoms with Gasteiger partial charge in [-0.3, -0.25) is 9.59 Å². The number of unbranched alkanes of at least 4 members (excludes halogenated alkanes) is 2. The molecule has 1 unspecified atom stereocenters. The van der Waals surface area contributed by atoms with E-state index in [1.54, 1.807) is 12.1 Å². The van der Waals surface area contributed by atoms with E-state index in [0.717, 1.165) is 37.0 Å². The lowest BCUT2D eigenvalue weighted by molar-refractivity contribution is -0.121. The van der Waals surface area contributed by atoms with Crippen LogP contribution < -0.4 is 10.7 Å². The molecule has 2 aromatic rings. The van der Waals surface area contributed by atoms with Crippen molar-refractivity contribution >= 4 is 17.5 Å². The molecule has 0 fully saturated rings. The van der Waals surface area contributed by atoms with Gasteiger partial charge in [-0.25, -0.2) is 5.43 Å². The topological polar surface area (TPSA) is 70.6 Å². The molecular formula is C23H29N3O2. The third-order valence-electron chi connectivity index (χ3n) is 4.45. The first-order chi connectivity index (χ1) is 13.6. The Morgan fingerprint density at radius 1 is 0.964 bits per heavy atom. The fourth-order valence-corrected chi connectivity index (χ4v) is 2.84. The molecule has 2 amide bonds. The van der Waals surface area contributed by atoms with Gasteiger partial charge in [0, 0.05) is 11.3 Å². The molecule has 5 nitrogen and oxygen atoms in total. The first-order valence-electron chi connectivity index (χ1n) is 9.83. The average molecular weight is 380 g/mol. The van der Waals surface area contributed by atoms with Crippen molar-refractivity contribution in [2.75, 3.05) is 0 Å². The Labute approximate surface area is 167 Å². The summed E-state index contributed by atoms with van der Waals surface area (Å²) in [5, 5.41) is 7.15. The van der Waals surface area contributed by atoms with Crippen molar-refractivity contribution in [1.82, 2.24) is 10.7 Å². The van der Waals surface area contributed by atoms with Gasteiger partial charge in [-0.05, 0) is 37.5 Å². The van der Waals surface area contributed by atoms with Crippen LogP contribution in [0.15, 0.2) is 65.8 Å². The lowest BCUT2D eigenvalue weighted by Crippen LogP contribution is -2.32. The van der Waals surface area contributed by atoms with Crippen LogP contribution >= 0.6 is 0 Å². The van der Waals surface area contributed by atoms with Crippen molar-refractivity contribution in [1.29, 1.82) is 0 Å². The van der Waals surface area contributed by atoms with Gasteiger partial charge in [0.2, 0.25) is 5.91 Å². The van der Waals surface area contributed by atoms with Crippen molar-refractivity contribution in [2.45, 2.75) is 52.0 Å². The van der Waals surface area contributed by atoms with Crippen LogP contribution in [0.5, 0.6) is 0 Å². The van der Waals surface area contributed by atoms with Crippen molar-refractivity contribution in [3.8, 4) is 0 Å². The third-order valence-corrected chi connectivity index (χ3v) is 4.45. The van der Waals surface area contributed by atoms with Crippen LogP contribution in [0.25, 0.3) is 0 Å². The summed E-state index contributed by atoms with van der Waals surface area (Å²) in [6.45, 7) is 4.07. The van der Waals surface area contributed by atoms with Gasteiger partial charge >= 0.3 is 0 Å². The Morgan fingerprint density at radius 2 is 1.61 bits per heavy atom. The summed E-state index contributed by atoms with van der Waals surface area (Å²) in [4.78, 5) is 25.0. The normalized spacial score (nSPS) is 12.3. The number of carbonyl (C=O) groups is 2. The molecule has 2 aromatic carbocycles. The second-order valence-corrected chi connectivity index (χ2v) is 6.85. The second-order valence-electron chi connectivity index (χ2n) is 6.85. The predicted octanol–water partition coefficient (Wildman–Crippen LogP) is 4.62.